The second-order valence-electron chi connectivity index (χ2n) is 4.21. The van der Waals surface area contributed by atoms with Gasteiger partial charge >= 0.3 is 0 Å². The molecule has 0 aliphatic heterocycles. The van der Waals surface area contributed by atoms with E-state index >= 15 is 0 Å². The minimum atomic E-state index is 1.27. The second kappa shape index (κ2) is 4.80. The summed E-state index contributed by atoms with van der Waals surface area (Å²) >= 11 is 0. The van der Waals surface area contributed by atoms with Gasteiger partial charge in [0.05, 0.1) is 0 Å². The van der Waals surface area contributed by atoms with Crippen molar-refractivity contribution in [3.8, 4) is 11.1 Å². The first-order chi connectivity index (χ1) is 7.75. The molecule has 0 nitrogen and oxygen atoms in total. The van der Waals surface area contributed by atoms with E-state index in [1.165, 1.54) is 22.3 Å². The van der Waals surface area contributed by atoms with Crippen molar-refractivity contribution in [2.45, 2.75) is 13.8 Å². The molecule has 16 heavy (non-hydrogen) atoms. The zero-order valence-corrected chi connectivity index (χ0v) is 9.77. The van der Waals surface area contributed by atoms with Gasteiger partial charge in [-0.15, -0.1) is 0 Å². The van der Waals surface area contributed by atoms with E-state index in [9.17, 15) is 0 Å². The van der Waals surface area contributed by atoms with Crippen molar-refractivity contribution in [3.05, 3.63) is 65.7 Å². The first-order valence-electron chi connectivity index (χ1n) is 5.56. The Morgan fingerprint density at radius 3 is 2.19 bits per heavy atom. The largest absolute Gasteiger partial charge is 0.0758 e. The fourth-order valence-electron chi connectivity index (χ4n) is 1.77. The van der Waals surface area contributed by atoms with E-state index in [2.05, 4.69) is 68.5 Å². The lowest BCUT2D eigenvalue weighted by Crippen LogP contribution is -1.79. The van der Waals surface area contributed by atoms with E-state index in [-0.39, 0.29) is 0 Å². The lowest BCUT2D eigenvalue weighted by atomic mass is 10.0. The van der Waals surface area contributed by atoms with Crippen molar-refractivity contribution in [1.82, 2.24) is 0 Å². The molecule has 0 heteroatoms. The van der Waals surface area contributed by atoms with E-state index < -0.39 is 0 Å². The molecule has 0 unspecified atom stereocenters. The Kier molecular flexibility index (Phi) is 3.21. The Hall–Kier alpha value is -1.82. The average molecular weight is 208 g/mol. The van der Waals surface area contributed by atoms with Gasteiger partial charge in [-0.25, -0.2) is 0 Å². The molecule has 2 aromatic carbocycles. The van der Waals surface area contributed by atoms with Gasteiger partial charge in [-0.1, -0.05) is 60.2 Å². The molecule has 0 saturated heterocycles. The summed E-state index contributed by atoms with van der Waals surface area (Å²) in [4.78, 5) is 0. The van der Waals surface area contributed by atoms with Crippen LogP contribution in [0.2, 0.25) is 0 Å². The molecule has 2 rings (SSSR count). The molecule has 0 aliphatic carbocycles. The van der Waals surface area contributed by atoms with E-state index in [0.29, 0.717) is 0 Å². The summed E-state index contributed by atoms with van der Waals surface area (Å²) in [6, 6.07) is 19.1. The van der Waals surface area contributed by atoms with Crippen LogP contribution in [0.1, 0.15) is 19.4 Å². The average Bonchev–Trinajstić information content (AvgIpc) is 2.30. The summed E-state index contributed by atoms with van der Waals surface area (Å²) in [6.45, 7) is 4.24. The summed E-state index contributed by atoms with van der Waals surface area (Å²) < 4.78 is 0. The predicted molar refractivity (Wildman–Crippen MR) is 71.2 cm³/mol. The molecule has 0 aliphatic rings. The Labute approximate surface area is 97.3 Å². The summed E-state index contributed by atoms with van der Waals surface area (Å²) in [6.07, 6.45) is 2.20. The van der Waals surface area contributed by atoms with Gasteiger partial charge < -0.3 is 0 Å². The van der Waals surface area contributed by atoms with Crippen LogP contribution in [0, 0.1) is 0 Å². The molecule has 0 atom stereocenters. The quantitative estimate of drug-likeness (QED) is 0.666. The zero-order chi connectivity index (χ0) is 11.4. The fraction of sp³-hybridized carbons (Fsp3) is 0.125. The number of hydrogen-bond donors (Lipinski definition) is 0. The second-order valence-corrected chi connectivity index (χ2v) is 4.21. The van der Waals surface area contributed by atoms with Gasteiger partial charge in [0.15, 0.2) is 0 Å². The molecule has 0 aromatic heterocycles. The summed E-state index contributed by atoms with van der Waals surface area (Å²) in [7, 11) is 0. The fourth-order valence-corrected chi connectivity index (χ4v) is 1.77. The maximum absolute atomic E-state index is 2.22. The minimum Gasteiger partial charge on any atom is -0.0758 e. The Balaban J connectivity index is 2.41. The first kappa shape index (κ1) is 10.7. The highest BCUT2D eigenvalue weighted by Crippen LogP contribution is 2.20. The maximum Gasteiger partial charge on any atom is -0.0178 e. The molecule has 0 N–H and O–H groups in total. The van der Waals surface area contributed by atoms with Crippen LogP contribution in [0.3, 0.4) is 0 Å². The molecular formula is C16H16. The number of benzene rings is 2. The van der Waals surface area contributed by atoms with Gasteiger partial charge in [0, 0.05) is 0 Å². The summed E-state index contributed by atoms with van der Waals surface area (Å²) in [5.41, 5.74) is 5.13. The predicted octanol–water partition coefficient (Wildman–Crippen LogP) is 4.78. The third-order valence-corrected chi connectivity index (χ3v) is 2.45. The Bertz CT molecular complexity index is 488. The monoisotopic (exact) mass is 208 g/mol. The van der Waals surface area contributed by atoms with Crippen LogP contribution in [0.15, 0.2) is 60.2 Å². The van der Waals surface area contributed by atoms with E-state index in [1.807, 2.05) is 6.07 Å². The molecule has 0 saturated carbocycles. The zero-order valence-electron chi connectivity index (χ0n) is 9.77. The van der Waals surface area contributed by atoms with Crippen molar-refractivity contribution >= 4 is 6.08 Å². The molecule has 0 amide bonds. The van der Waals surface area contributed by atoms with Crippen molar-refractivity contribution in [3.63, 3.8) is 0 Å². The van der Waals surface area contributed by atoms with E-state index in [0.717, 1.165) is 0 Å². The van der Waals surface area contributed by atoms with Gasteiger partial charge in [-0.2, -0.15) is 0 Å². The van der Waals surface area contributed by atoms with Crippen LogP contribution in [0.25, 0.3) is 17.2 Å². The van der Waals surface area contributed by atoms with Crippen LogP contribution < -0.4 is 0 Å². The molecule has 0 heterocycles. The number of rotatable bonds is 2. The molecule has 2 aromatic rings. The SMILES string of the molecule is CC(C)=Cc1cccc(-c2ccccc2)c1. The van der Waals surface area contributed by atoms with Crippen molar-refractivity contribution < 1.29 is 0 Å². The highest BCUT2D eigenvalue weighted by molar-refractivity contribution is 5.67. The van der Waals surface area contributed by atoms with Crippen molar-refractivity contribution in [1.29, 1.82) is 0 Å². The Morgan fingerprint density at radius 2 is 1.50 bits per heavy atom. The smallest absolute Gasteiger partial charge is 0.0178 e. The van der Waals surface area contributed by atoms with Gasteiger partial charge in [-0.3, -0.25) is 0 Å². The highest BCUT2D eigenvalue weighted by Gasteiger charge is 1.96. The summed E-state index contributed by atoms with van der Waals surface area (Å²) in [5, 5.41) is 0. The number of allylic oxidation sites excluding steroid dienone is 1. The normalized spacial score (nSPS) is 9.88. The van der Waals surface area contributed by atoms with E-state index in [1.54, 1.807) is 0 Å². The Morgan fingerprint density at radius 1 is 0.812 bits per heavy atom. The van der Waals surface area contributed by atoms with Gasteiger partial charge in [0.1, 0.15) is 0 Å². The standard InChI is InChI=1S/C16H16/c1-13(2)11-14-7-6-10-16(12-14)15-8-4-3-5-9-15/h3-12H,1-2H3. The molecule has 0 bridgehead atoms. The topological polar surface area (TPSA) is 0 Å². The van der Waals surface area contributed by atoms with Crippen LogP contribution in [-0.2, 0) is 0 Å². The molecule has 80 valence electrons. The van der Waals surface area contributed by atoms with E-state index in [4.69, 9.17) is 0 Å². The van der Waals surface area contributed by atoms with Gasteiger partial charge in [0.25, 0.3) is 0 Å². The lowest BCUT2D eigenvalue weighted by molar-refractivity contribution is 1.42. The van der Waals surface area contributed by atoms with Crippen molar-refractivity contribution in [2.75, 3.05) is 0 Å². The summed E-state index contributed by atoms with van der Waals surface area (Å²) in [5.74, 6) is 0. The van der Waals surface area contributed by atoms with Crippen LogP contribution >= 0.6 is 0 Å². The highest BCUT2D eigenvalue weighted by atomic mass is 14.0. The third kappa shape index (κ3) is 2.60. The van der Waals surface area contributed by atoms with Gasteiger partial charge in [0.2, 0.25) is 0 Å². The van der Waals surface area contributed by atoms with Crippen LogP contribution in [0.4, 0.5) is 0 Å². The molecule has 0 spiro atoms. The first-order valence-corrected chi connectivity index (χ1v) is 5.56. The van der Waals surface area contributed by atoms with Crippen LogP contribution in [0.5, 0.6) is 0 Å². The molecular weight excluding hydrogens is 192 g/mol. The third-order valence-electron chi connectivity index (χ3n) is 2.45. The van der Waals surface area contributed by atoms with Gasteiger partial charge in [-0.05, 0) is 36.6 Å². The number of hydrogen-bond acceptors (Lipinski definition) is 0. The molecule has 0 fully saturated rings. The lowest BCUT2D eigenvalue weighted by Gasteiger charge is -2.03. The minimum absolute atomic E-state index is 1.27. The molecule has 0 radical (unpaired) electrons. The van der Waals surface area contributed by atoms with Crippen molar-refractivity contribution in [2.24, 2.45) is 0 Å². The maximum atomic E-state index is 2.22. The van der Waals surface area contributed by atoms with Crippen LogP contribution in [-0.4, -0.2) is 0 Å².